The fraction of sp³-hybridized carbons (Fsp3) is 1.00. The Morgan fingerprint density at radius 2 is 2.27 bits per heavy atom. The maximum absolute atomic E-state index is 5.82. The van der Waals surface area contributed by atoms with Crippen LogP contribution in [0.25, 0.3) is 0 Å². The van der Waals surface area contributed by atoms with Crippen LogP contribution in [0.3, 0.4) is 0 Å². The number of hydrogen-bond donors (Lipinski definition) is 1. The molecular formula is C9H19NO. The van der Waals surface area contributed by atoms with E-state index in [2.05, 4.69) is 6.92 Å². The van der Waals surface area contributed by atoms with Gasteiger partial charge in [-0.2, -0.15) is 0 Å². The third kappa shape index (κ3) is 3.21. The van der Waals surface area contributed by atoms with Gasteiger partial charge in [0.25, 0.3) is 0 Å². The minimum atomic E-state index is 0.394. The van der Waals surface area contributed by atoms with E-state index < -0.39 is 0 Å². The van der Waals surface area contributed by atoms with Gasteiger partial charge in [-0.1, -0.05) is 6.92 Å². The molecular weight excluding hydrogens is 138 g/mol. The minimum Gasteiger partial charge on any atom is -0.378 e. The van der Waals surface area contributed by atoms with E-state index in [0.29, 0.717) is 12.1 Å². The van der Waals surface area contributed by atoms with Crippen LogP contribution < -0.4 is 5.73 Å². The van der Waals surface area contributed by atoms with Crippen LogP contribution in [-0.4, -0.2) is 18.8 Å². The smallest absolute Gasteiger partial charge is 0.0589 e. The SMILES string of the molecule is CCCOC1CCCC(N)C1. The summed E-state index contributed by atoms with van der Waals surface area (Å²) in [6.07, 6.45) is 6.29. The molecule has 2 heteroatoms. The summed E-state index contributed by atoms with van der Waals surface area (Å²) in [4.78, 5) is 0. The van der Waals surface area contributed by atoms with Crippen LogP contribution in [0, 0.1) is 0 Å². The lowest BCUT2D eigenvalue weighted by Crippen LogP contribution is -2.32. The van der Waals surface area contributed by atoms with E-state index >= 15 is 0 Å². The zero-order valence-electron chi connectivity index (χ0n) is 7.38. The number of nitrogens with two attached hydrogens (primary N) is 1. The molecule has 2 N–H and O–H groups in total. The number of ether oxygens (including phenoxy) is 1. The summed E-state index contributed by atoms with van der Waals surface area (Å²) < 4.78 is 5.62. The second-order valence-corrected chi connectivity index (χ2v) is 3.42. The molecule has 2 unspecified atom stereocenters. The number of hydrogen-bond acceptors (Lipinski definition) is 2. The van der Waals surface area contributed by atoms with Crippen molar-refractivity contribution in [2.45, 2.75) is 51.2 Å². The van der Waals surface area contributed by atoms with Crippen molar-refractivity contribution in [1.29, 1.82) is 0 Å². The highest BCUT2D eigenvalue weighted by Gasteiger charge is 2.18. The van der Waals surface area contributed by atoms with Gasteiger partial charge in [0.2, 0.25) is 0 Å². The Balaban J connectivity index is 2.12. The molecule has 0 aromatic rings. The van der Waals surface area contributed by atoms with Gasteiger partial charge in [0.15, 0.2) is 0 Å². The van der Waals surface area contributed by atoms with Crippen molar-refractivity contribution in [2.75, 3.05) is 6.61 Å². The van der Waals surface area contributed by atoms with E-state index in [1.807, 2.05) is 0 Å². The molecule has 0 aromatic carbocycles. The van der Waals surface area contributed by atoms with Crippen molar-refractivity contribution in [1.82, 2.24) is 0 Å². The molecule has 0 radical (unpaired) electrons. The summed E-state index contributed by atoms with van der Waals surface area (Å²) in [6, 6.07) is 0.394. The molecule has 0 bridgehead atoms. The Labute approximate surface area is 69.1 Å². The normalized spacial score (nSPS) is 32.2. The monoisotopic (exact) mass is 157 g/mol. The van der Waals surface area contributed by atoms with Gasteiger partial charge in [-0.05, 0) is 32.1 Å². The zero-order valence-corrected chi connectivity index (χ0v) is 7.38. The van der Waals surface area contributed by atoms with Crippen molar-refractivity contribution in [3.63, 3.8) is 0 Å². The van der Waals surface area contributed by atoms with Crippen LogP contribution in [0.4, 0.5) is 0 Å². The lowest BCUT2D eigenvalue weighted by Gasteiger charge is -2.26. The van der Waals surface area contributed by atoms with Gasteiger partial charge in [-0.3, -0.25) is 0 Å². The topological polar surface area (TPSA) is 35.2 Å². The summed E-state index contributed by atoms with van der Waals surface area (Å²) in [6.45, 7) is 3.04. The Morgan fingerprint density at radius 3 is 2.91 bits per heavy atom. The van der Waals surface area contributed by atoms with E-state index in [1.165, 1.54) is 19.3 Å². The van der Waals surface area contributed by atoms with E-state index in [9.17, 15) is 0 Å². The van der Waals surface area contributed by atoms with Crippen molar-refractivity contribution in [3.05, 3.63) is 0 Å². The van der Waals surface area contributed by atoms with Gasteiger partial charge < -0.3 is 10.5 Å². The zero-order chi connectivity index (χ0) is 8.10. The van der Waals surface area contributed by atoms with E-state index in [4.69, 9.17) is 10.5 Å². The van der Waals surface area contributed by atoms with Crippen molar-refractivity contribution >= 4 is 0 Å². The molecule has 66 valence electrons. The van der Waals surface area contributed by atoms with E-state index in [-0.39, 0.29) is 0 Å². The van der Waals surface area contributed by atoms with Crippen LogP contribution >= 0.6 is 0 Å². The average molecular weight is 157 g/mol. The van der Waals surface area contributed by atoms with Crippen LogP contribution in [0.1, 0.15) is 39.0 Å². The van der Waals surface area contributed by atoms with E-state index in [1.54, 1.807) is 0 Å². The predicted octanol–water partition coefficient (Wildman–Crippen LogP) is 1.68. The molecule has 0 amide bonds. The molecule has 2 atom stereocenters. The maximum Gasteiger partial charge on any atom is 0.0589 e. The molecule has 1 aliphatic carbocycles. The largest absolute Gasteiger partial charge is 0.378 e. The Kier molecular flexibility index (Phi) is 3.87. The second-order valence-electron chi connectivity index (χ2n) is 3.42. The maximum atomic E-state index is 5.82. The lowest BCUT2D eigenvalue weighted by molar-refractivity contribution is 0.0240. The van der Waals surface area contributed by atoms with Gasteiger partial charge in [0.1, 0.15) is 0 Å². The standard InChI is InChI=1S/C9H19NO/c1-2-6-11-9-5-3-4-8(10)7-9/h8-9H,2-7,10H2,1H3. The fourth-order valence-electron chi connectivity index (χ4n) is 1.62. The number of rotatable bonds is 3. The summed E-state index contributed by atoms with van der Waals surface area (Å²) in [5.41, 5.74) is 5.82. The van der Waals surface area contributed by atoms with Crippen LogP contribution in [0.2, 0.25) is 0 Å². The van der Waals surface area contributed by atoms with Gasteiger partial charge in [0.05, 0.1) is 6.10 Å². The van der Waals surface area contributed by atoms with Crippen LogP contribution in [-0.2, 0) is 4.74 Å². The lowest BCUT2D eigenvalue weighted by atomic mass is 9.94. The van der Waals surface area contributed by atoms with Crippen molar-refractivity contribution < 1.29 is 4.74 Å². The van der Waals surface area contributed by atoms with Crippen molar-refractivity contribution in [2.24, 2.45) is 5.73 Å². The quantitative estimate of drug-likeness (QED) is 0.676. The van der Waals surface area contributed by atoms with Gasteiger partial charge in [-0.15, -0.1) is 0 Å². The second kappa shape index (κ2) is 4.73. The molecule has 0 aromatic heterocycles. The Morgan fingerprint density at radius 1 is 1.45 bits per heavy atom. The molecule has 1 aliphatic rings. The molecule has 1 rings (SSSR count). The van der Waals surface area contributed by atoms with Gasteiger partial charge in [0, 0.05) is 12.6 Å². The highest BCUT2D eigenvalue weighted by molar-refractivity contribution is 4.75. The molecule has 0 spiro atoms. The third-order valence-corrected chi connectivity index (χ3v) is 2.22. The summed E-state index contributed by atoms with van der Waals surface area (Å²) in [5, 5.41) is 0. The molecule has 0 aliphatic heterocycles. The van der Waals surface area contributed by atoms with Crippen molar-refractivity contribution in [3.8, 4) is 0 Å². The van der Waals surface area contributed by atoms with Gasteiger partial charge >= 0.3 is 0 Å². The summed E-state index contributed by atoms with van der Waals surface area (Å²) >= 11 is 0. The fourth-order valence-corrected chi connectivity index (χ4v) is 1.62. The molecule has 11 heavy (non-hydrogen) atoms. The third-order valence-electron chi connectivity index (χ3n) is 2.22. The van der Waals surface area contributed by atoms with E-state index in [0.717, 1.165) is 19.4 Å². The first-order valence-corrected chi connectivity index (χ1v) is 4.70. The molecule has 1 saturated carbocycles. The Bertz CT molecular complexity index is 106. The molecule has 1 fully saturated rings. The first-order valence-electron chi connectivity index (χ1n) is 4.70. The summed E-state index contributed by atoms with van der Waals surface area (Å²) in [7, 11) is 0. The average Bonchev–Trinajstić information content (AvgIpc) is 2.01. The minimum absolute atomic E-state index is 0.394. The Hall–Kier alpha value is -0.0800. The summed E-state index contributed by atoms with van der Waals surface area (Å²) in [5.74, 6) is 0. The molecule has 0 saturated heterocycles. The van der Waals surface area contributed by atoms with Gasteiger partial charge in [-0.25, -0.2) is 0 Å². The van der Waals surface area contributed by atoms with Crippen LogP contribution in [0.15, 0.2) is 0 Å². The van der Waals surface area contributed by atoms with Crippen LogP contribution in [0.5, 0.6) is 0 Å². The highest BCUT2D eigenvalue weighted by Crippen LogP contribution is 2.19. The first kappa shape index (κ1) is 9.01. The molecule has 0 heterocycles. The highest BCUT2D eigenvalue weighted by atomic mass is 16.5. The predicted molar refractivity (Wildman–Crippen MR) is 46.5 cm³/mol. The molecule has 2 nitrogen and oxygen atoms in total. The first-order chi connectivity index (χ1) is 5.33.